The molecule has 0 saturated heterocycles. The third-order valence-electron chi connectivity index (χ3n) is 8.74. The predicted molar refractivity (Wildman–Crippen MR) is 190 cm³/mol. The van der Waals surface area contributed by atoms with Crippen molar-refractivity contribution in [1.29, 1.82) is 0 Å². The fraction of sp³-hybridized carbons (Fsp3) is 0.182. The monoisotopic (exact) mass is 730 g/mol. The molecule has 1 aliphatic carbocycles. The Morgan fingerprint density at radius 3 is 1.94 bits per heavy atom. The van der Waals surface area contributed by atoms with E-state index in [1.165, 1.54) is 79.9 Å². The van der Waals surface area contributed by atoms with Gasteiger partial charge in [0.2, 0.25) is 0 Å². The van der Waals surface area contributed by atoms with Gasteiger partial charge >= 0.3 is 70.3 Å². The number of hydrogen-bond donors (Lipinski definition) is 0. The minimum atomic E-state index is 0. The van der Waals surface area contributed by atoms with Gasteiger partial charge in [0.05, 0.1) is 0 Å². The van der Waals surface area contributed by atoms with Gasteiger partial charge in [0.25, 0.3) is 0 Å². The third-order valence-corrected chi connectivity index (χ3v) is 9.24. The summed E-state index contributed by atoms with van der Waals surface area (Å²) in [5.74, 6) is 1.11. The van der Waals surface area contributed by atoms with Crippen molar-refractivity contribution in [1.82, 2.24) is 0 Å². The third kappa shape index (κ3) is 10.6. The Kier molecular flexibility index (Phi) is 15.9. The van der Waals surface area contributed by atoms with E-state index in [1.807, 2.05) is 36.4 Å². The average molecular weight is 733 g/mol. The van der Waals surface area contributed by atoms with E-state index < -0.39 is 0 Å². The first-order valence-corrected chi connectivity index (χ1v) is 17.4. The van der Waals surface area contributed by atoms with Gasteiger partial charge < -0.3 is 24.8 Å². The molecule has 0 bridgehead atoms. The summed E-state index contributed by atoms with van der Waals surface area (Å²) in [6, 6.07) is 55.3. The van der Waals surface area contributed by atoms with Gasteiger partial charge in [-0.15, -0.1) is 11.1 Å². The Morgan fingerprint density at radius 2 is 1.34 bits per heavy atom. The van der Waals surface area contributed by atoms with Crippen molar-refractivity contribution in [2.45, 2.75) is 46.0 Å². The van der Waals surface area contributed by atoms with Crippen molar-refractivity contribution in [2.75, 3.05) is 0 Å². The summed E-state index contributed by atoms with van der Waals surface area (Å²) < 4.78 is 2.25. The molecule has 0 radical (unpaired) electrons. The van der Waals surface area contributed by atoms with E-state index in [-0.39, 0.29) is 24.8 Å². The van der Waals surface area contributed by atoms with E-state index >= 15 is 0 Å². The van der Waals surface area contributed by atoms with E-state index in [0.29, 0.717) is 11.8 Å². The summed E-state index contributed by atoms with van der Waals surface area (Å²) in [6.07, 6.45) is 3.18. The minimum Gasteiger partial charge on any atom is -0.214 e. The zero-order valence-corrected chi connectivity index (χ0v) is 31.4. The van der Waals surface area contributed by atoms with Crippen molar-refractivity contribution >= 4 is 3.71 Å². The zero-order chi connectivity index (χ0) is 31.4. The van der Waals surface area contributed by atoms with Gasteiger partial charge in [-0.3, -0.25) is 0 Å². The van der Waals surface area contributed by atoms with E-state index in [9.17, 15) is 0 Å². The van der Waals surface area contributed by atoms with Crippen molar-refractivity contribution in [3.8, 4) is 22.3 Å². The summed E-state index contributed by atoms with van der Waals surface area (Å²) in [5, 5.41) is 0. The molecule has 3 heteroatoms. The number of fused-ring (bicyclic) bond motifs is 3. The van der Waals surface area contributed by atoms with Crippen LogP contribution in [0.3, 0.4) is 0 Å². The molecule has 2 unspecified atom stereocenters. The maximum atomic E-state index is 3.79. The van der Waals surface area contributed by atoms with Crippen LogP contribution in [-0.2, 0) is 43.5 Å². The molecule has 238 valence electrons. The molecule has 7 rings (SSSR count). The van der Waals surface area contributed by atoms with Crippen LogP contribution in [0.15, 0.2) is 146 Å². The molecule has 0 nitrogen and oxygen atoms in total. The topological polar surface area (TPSA) is 0 Å². The number of halogens is 2. The number of rotatable bonds is 7. The first kappa shape index (κ1) is 38.2. The van der Waals surface area contributed by atoms with Gasteiger partial charge in [0, 0.05) is 0 Å². The molecule has 0 fully saturated rings. The van der Waals surface area contributed by atoms with Crippen LogP contribution in [0, 0.1) is 18.9 Å². The number of benzene rings is 5. The van der Waals surface area contributed by atoms with Gasteiger partial charge in [-0.1, -0.05) is 92.2 Å². The summed E-state index contributed by atoms with van der Waals surface area (Å²) in [6.45, 7) is 6.94. The Balaban J connectivity index is 0.000000312. The molecular weight excluding hydrogens is 691 g/mol. The van der Waals surface area contributed by atoms with Gasteiger partial charge in [-0.2, -0.15) is 42.0 Å². The molecule has 2 atom stereocenters. The van der Waals surface area contributed by atoms with Crippen LogP contribution in [0.1, 0.15) is 53.1 Å². The van der Waals surface area contributed by atoms with Crippen molar-refractivity contribution in [3.05, 3.63) is 185 Å². The fourth-order valence-corrected chi connectivity index (χ4v) is 6.62. The van der Waals surface area contributed by atoms with Gasteiger partial charge in [0.1, 0.15) is 0 Å². The minimum absolute atomic E-state index is 0. The van der Waals surface area contributed by atoms with Crippen LogP contribution in [-0.4, -0.2) is 3.71 Å². The second-order valence-corrected chi connectivity index (χ2v) is 13.0. The average Bonchev–Trinajstić information content (AvgIpc) is 3.78. The number of hydrogen-bond acceptors (Lipinski definition) is 0. The molecule has 6 aromatic rings. The van der Waals surface area contributed by atoms with E-state index in [4.69, 9.17) is 0 Å². The van der Waals surface area contributed by atoms with E-state index in [2.05, 4.69) is 140 Å². The van der Waals surface area contributed by atoms with Crippen molar-refractivity contribution in [2.24, 2.45) is 5.92 Å². The van der Waals surface area contributed by atoms with Crippen LogP contribution < -0.4 is 24.8 Å². The molecule has 0 saturated carbocycles. The SMILES string of the molecule is Cc1cc2c(cc1-c1ccccc1)-c1ccc(CC(C)C(C)c3ccccc3)[c-]c1C2.[Cl-].[Cl-].[Zr+2]=[CH]Cc1ccccc1.c1cc[cH-]c1. The second-order valence-electron chi connectivity index (χ2n) is 12.0. The molecule has 1 aliphatic rings. The standard InChI is InChI=1S/C31H29.C8H8.C5H5.2ClH.Zr/c1-21(23(3)25-10-6-4-7-11-25)16-24-14-15-29-28(18-24)19-27-17-22(2)30(20-31(27)29)26-12-8-5-9-13-26;1-2-8-6-4-3-5-7-8;1-2-4-5-3-1;;;/h4-15,17,20-21,23H,16,19H2,1-3H3;1,3-7H,2H2;1-5H;2*1H;/q-1;;-1;;;+2/p-2. The van der Waals surface area contributed by atoms with Gasteiger partial charge in [0.15, 0.2) is 0 Å². The molecule has 0 amide bonds. The second kappa shape index (κ2) is 19.6. The number of aryl methyl sites for hydroxylation is 1. The largest absolute Gasteiger partial charge is 0.214 e. The summed E-state index contributed by atoms with van der Waals surface area (Å²) in [5.41, 5.74) is 13.7. The van der Waals surface area contributed by atoms with Crippen molar-refractivity contribution < 1.29 is 49.0 Å². The first-order valence-electron chi connectivity index (χ1n) is 16.0. The van der Waals surface area contributed by atoms with Crippen LogP contribution in [0.2, 0.25) is 0 Å². The smallest absolute Gasteiger partial charge is 0.172 e. The first-order chi connectivity index (χ1) is 22.0. The molecule has 0 N–H and O–H groups in total. The predicted octanol–water partition coefficient (Wildman–Crippen LogP) is 5.01. The fourth-order valence-electron chi connectivity index (χ4n) is 6.04. The van der Waals surface area contributed by atoms with Crippen LogP contribution >= 0.6 is 0 Å². The Labute approximate surface area is 309 Å². The van der Waals surface area contributed by atoms with E-state index in [1.54, 1.807) is 0 Å². The Morgan fingerprint density at radius 1 is 0.723 bits per heavy atom. The van der Waals surface area contributed by atoms with Crippen LogP contribution in [0.25, 0.3) is 22.3 Å². The van der Waals surface area contributed by atoms with Crippen LogP contribution in [0.4, 0.5) is 0 Å². The quantitative estimate of drug-likeness (QED) is 0.203. The summed E-state index contributed by atoms with van der Waals surface area (Å²) in [7, 11) is 0. The van der Waals surface area contributed by atoms with Gasteiger partial charge in [-0.05, 0) is 59.4 Å². The summed E-state index contributed by atoms with van der Waals surface area (Å²) >= 11 is 1.51. The maximum Gasteiger partial charge on any atom is -0.172 e. The molecular formula is C44H42Cl2Zr-2. The molecule has 6 aromatic carbocycles. The summed E-state index contributed by atoms with van der Waals surface area (Å²) in [4.78, 5) is 0. The van der Waals surface area contributed by atoms with Gasteiger partial charge in [-0.25, -0.2) is 12.1 Å². The maximum absolute atomic E-state index is 3.79. The molecule has 0 aromatic heterocycles. The molecule has 0 aliphatic heterocycles. The molecule has 0 spiro atoms. The van der Waals surface area contributed by atoms with Crippen LogP contribution in [0.5, 0.6) is 0 Å². The Hall–Kier alpha value is -3.22. The molecule has 47 heavy (non-hydrogen) atoms. The Bertz CT molecular complexity index is 1740. The van der Waals surface area contributed by atoms with E-state index in [0.717, 1.165) is 19.3 Å². The normalized spacial score (nSPS) is 11.9. The zero-order valence-electron chi connectivity index (χ0n) is 27.5. The van der Waals surface area contributed by atoms with Crippen molar-refractivity contribution in [3.63, 3.8) is 0 Å². The molecule has 0 heterocycles.